The zero-order valence-corrected chi connectivity index (χ0v) is 13.8. The second kappa shape index (κ2) is 6.96. The Kier molecular flexibility index (Phi) is 4.90. The first-order valence-corrected chi connectivity index (χ1v) is 8.12. The second-order valence-corrected chi connectivity index (χ2v) is 6.30. The largest absolute Gasteiger partial charge is 0.573 e. The molecular weight excluding hydrogens is 355 g/mol. The van der Waals surface area contributed by atoms with E-state index in [0.717, 1.165) is 24.5 Å². The average molecular weight is 370 g/mol. The SMILES string of the molecule is O=C(N[C@H]1CC[C@H]1c1ccc(Cl)cc1)c1ccccc1OC(F)(F)F. The van der Waals surface area contributed by atoms with Gasteiger partial charge in [0.05, 0.1) is 5.56 Å². The summed E-state index contributed by atoms with van der Waals surface area (Å²) in [5.41, 5.74) is 0.905. The number of benzene rings is 2. The molecule has 0 saturated heterocycles. The number of halogens is 4. The molecule has 2 aromatic rings. The van der Waals surface area contributed by atoms with Crippen molar-refractivity contribution in [3.05, 3.63) is 64.7 Å². The Morgan fingerprint density at radius 2 is 1.76 bits per heavy atom. The van der Waals surface area contributed by atoms with E-state index in [2.05, 4.69) is 10.1 Å². The standard InChI is InChI=1S/C18H15ClF3NO2/c19-12-7-5-11(6-8-12)13-9-10-15(13)23-17(24)14-3-1-2-4-16(14)25-18(20,21)22/h1-8,13,15H,9-10H2,(H,23,24)/t13-,15-/m0/s1. The number of ether oxygens (including phenoxy) is 1. The lowest BCUT2D eigenvalue weighted by Crippen LogP contribution is -2.45. The van der Waals surface area contributed by atoms with Gasteiger partial charge in [-0.05, 0) is 42.7 Å². The summed E-state index contributed by atoms with van der Waals surface area (Å²) in [4.78, 5) is 12.4. The van der Waals surface area contributed by atoms with E-state index in [9.17, 15) is 18.0 Å². The van der Waals surface area contributed by atoms with Crippen LogP contribution in [0.1, 0.15) is 34.7 Å². The van der Waals surface area contributed by atoms with Crippen molar-refractivity contribution in [2.75, 3.05) is 0 Å². The van der Waals surface area contributed by atoms with Crippen LogP contribution in [0.3, 0.4) is 0 Å². The summed E-state index contributed by atoms with van der Waals surface area (Å²) >= 11 is 5.87. The summed E-state index contributed by atoms with van der Waals surface area (Å²) in [6.45, 7) is 0. The highest BCUT2D eigenvalue weighted by atomic mass is 35.5. The van der Waals surface area contributed by atoms with Crippen molar-refractivity contribution in [1.29, 1.82) is 0 Å². The summed E-state index contributed by atoms with van der Waals surface area (Å²) in [5, 5.41) is 3.43. The molecule has 1 N–H and O–H groups in total. The maximum atomic E-state index is 12.5. The zero-order chi connectivity index (χ0) is 18.0. The number of nitrogens with one attached hydrogen (secondary N) is 1. The first-order chi connectivity index (χ1) is 11.8. The number of para-hydroxylation sites is 1. The quantitative estimate of drug-likeness (QED) is 0.831. The predicted molar refractivity (Wildman–Crippen MR) is 87.8 cm³/mol. The molecule has 1 amide bonds. The minimum atomic E-state index is -4.85. The summed E-state index contributed by atoms with van der Waals surface area (Å²) in [6, 6.07) is 12.5. The monoisotopic (exact) mass is 369 g/mol. The van der Waals surface area contributed by atoms with Crippen LogP contribution in [0.5, 0.6) is 5.75 Å². The molecule has 25 heavy (non-hydrogen) atoms. The molecule has 3 nitrogen and oxygen atoms in total. The fraction of sp³-hybridized carbons (Fsp3) is 0.278. The van der Waals surface area contributed by atoms with Crippen LogP contribution in [0.4, 0.5) is 13.2 Å². The summed E-state index contributed by atoms with van der Waals surface area (Å²) in [5.74, 6) is -0.963. The second-order valence-electron chi connectivity index (χ2n) is 5.86. The first-order valence-electron chi connectivity index (χ1n) is 7.74. The molecule has 0 aliphatic heterocycles. The molecule has 0 bridgehead atoms. The third-order valence-corrected chi connectivity index (χ3v) is 4.50. The lowest BCUT2D eigenvalue weighted by Gasteiger charge is -2.37. The molecule has 0 heterocycles. The van der Waals surface area contributed by atoms with E-state index in [1.807, 2.05) is 12.1 Å². The molecule has 132 valence electrons. The highest BCUT2D eigenvalue weighted by Crippen LogP contribution is 2.38. The Bertz CT molecular complexity index is 762. The zero-order valence-electron chi connectivity index (χ0n) is 13.0. The maximum Gasteiger partial charge on any atom is 0.573 e. The fourth-order valence-electron chi connectivity index (χ4n) is 2.90. The molecule has 1 saturated carbocycles. The Balaban J connectivity index is 1.71. The number of carbonyl (C=O) groups is 1. The Morgan fingerprint density at radius 1 is 1.08 bits per heavy atom. The summed E-state index contributed by atoms with van der Waals surface area (Å²) in [7, 11) is 0. The third kappa shape index (κ3) is 4.25. The van der Waals surface area contributed by atoms with Crippen molar-refractivity contribution in [1.82, 2.24) is 5.32 Å². The smallest absolute Gasteiger partial charge is 0.405 e. The molecule has 7 heteroatoms. The van der Waals surface area contributed by atoms with E-state index in [4.69, 9.17) is 11.6 Å². The Hall–Kier alpha value is -2.21. The molecule has 0 unspecified atom stereocenters. The molecular formula is C18H15ClF3NO2. The van der Waals surface area contributed by atoms with Gasteiger partial charge in [-0.1, -0.05) is 35.9 Å². The summed E-state index contributed by atoms with van der Waals surface area (Å²) in [6.07, 6.45) is -3.19. The van der Waals surface area contributed by atoms with Gasteiger partial charge in [-0.2, -0.15) is 0 Å². The van der Waals surface area contributed by atoms with E-state index >= 15 is 0 Å². The van der Waals surface area contributed by atoms with Gasteiger partial charge in [0, 0.05) is 17.0 Å². The molecule has 1 aliphatic rings. The van der Waals surface area contributed by atoms with Crippen molar-refractivity contribution < 1.29 is 22.7 Å². The third-order valence-electron chi connectivity index (χ3n) is 4.25. The number of amides is 1. The van der Waals surface area contributed by atoms with Gasteiger partial charge in [0.2, 0.25) is 0 Å². The van der Waals surface area contributed by atoms with Gasteiger partial charge < -0.3 is 10.1 Å². The van der Waals surface area contributed by atoms with Crippen LogP contribution in [-0.2, 0) is 0 Å². The number of alkyl halides is 3. The lowest BCUT2D eigenvalue weighted by molar-refractivity contribution is -0.274. The van der Waals surface area contributed by atoms with Crippen molar-refractivity contribution in [3.8, 4) is 5.75 Å². The number of hydrogen-bond acceptors (Lipinski definition) is 2. The van der Waals surface area contributed by atoms with Crippen LogP contribution in [0, 0.1) is 0 Å². The van der Waals surface area contributed by atoms with Gasteiger partial charge >= 0.3 is 6.36 Å². The van der Waals surface area contributed by atoms with Crippen LogP contribution >= 0.6 is 11.6 Å². The first kappa shape index (κ1) is 17.6. The number of carbonyl (C=O) groups excluding carboxylic acids is 1. The lowest BCUT2D eigenvalue weighted by atomic mass is 9.75. The highest BCUT2D eigenvalue weighted by molar-refractivity contribution is 6.30. The van der Waals surface area contributed by atoms with Gasteiger partial charge in [0.1, 0.15) is 5.75 Å². The molecule has 3 rings (SSSR count). The van der Waals surface area contributed by atoms with Gasteiger partial charge in [-0.3, -0.25) is 4.79 Å². The van der Waals surface area contributed by atoms with Crippen molar-refractivity contribution in [2.45, 2.75) is 31.2 Å². The van der Waals surface area contributed by atoms with Crippen LogP contribution < -0.4 is 10.1 Å². The molecule has 0 aromatic heterocycles. The molecule has 1 aliphatic carbocycles. The van der Waals surface area contributed by atoms with E-state index in [1.54, 1.807) is 12.1 Å². The normalized spacial score (nSPS) is 19.8. The van der Waals surface area contributed by atoms with Gasteiger partial charge in [-0.15, -0.1) is 13.2 Å². The maximum absolute atomic E-state index is 12.5. The van der Waals surface area contributed by atoms with E-state index < -0.39 is 18.0 Å². The van der Waals surface area contributed by atoms with Crippen LogP contribution in [-0.4, -0.2) is 18.3 Å². The molecule has 0 spiro atoms. The Morgan fingerprint density at radius 3 is 2.36 bits per heavy atom. The number of hydrogen-bond donors (Lipinski definition) is 1. The predicted octanol–water partition coefficient (Wildman–Crippen LogP) is 4.91. The molecule has 2 atom stereocenters. The van der Waals surface area contributed by atoms with Crippen molar-refractivity contribution >= 4 is 17.5 Å². The average Bonchev–Trinajstić information content (AvgIpc) is 2.52. The van der Waals surface area contributed by atoms with Gasteiger partial charge in [0.25, 0.3) is 5.91 Å². The van der Waals surface area contributed by atoms with E-state index in [0.29, 0.717) is 5.02 Å². The van der Waals surface area contributed by atoms with Crippen LogP contribution in [0.2, 0.25) is 5.02 Å². The fourth-order valence-corrected chi connectivity index (χ4v) is 3.02. The van der Waals surface area contributed by atoms with Crippen molar-refractivity contribution in [2.24, 2.45) is 0 Å². The minimum absolute atomic E-state index is 0.122. The van der Waals surface area contributed by atoms with E-state index in [-0.39, 0.29) is 17.5 Å². The number of rotatable bonds is 4. The minimum Gasteiger partial charge on any atom is -0.405 e. The topological polar surface area (TPSA) is 38.3 Å². The highest BCUT2D eigenvalue weighted by Gasteiger charge is 2.35. The van der Waals surface area contributed by atoms with Crippen LogP contribution in [0.25, 0.3) is 0 Å². The molecule has 0 radical (unpaired) electrons. The molecule has 2 aromatic carbocycles. The summed E-state index contributed by atoms with van der Waals surface area (Å²) < 4.78 is 41.4. The van der Waals surface area contributed by atoms with E-state index in [1.165, 1.54) is 18.2 Å². The van der Waals surface area contributed by atoms with Crippen LogP contribution in [0.15, 0.2) is 48.5 Å². The molecule has 1 fully saturated rings. The van der Waals surface area contributed by atoms with Crippen molar-refractivity contribution in [3.63, 3.8) is 0 Å². The Labute approximate surface area is 147 Å². The van der Waals surface area contributed by atoms with Gasteiger partial charge in [0.15, 0.2) is 0 Å². The van der Waals surface area contributed by atoms with Gasteiger partial charge in [-0.25, -0.2) is 0 Å².